The molecule has 0 amide bonds. The lowest BCUT2D eigenvalue weighted by atomic mass is 9.53. The van der Waals surface area contributed by atoms with Crippen molar-refractivity contribution in [3.05, 3.63) is 35.9 Å². The van der Waals surface area contributed by atoms with Gasteiger partial charge in [0.25, 0.3) is 0 Å². The highest BCUT2D eigenvalue weighted by Gasteiger charge is 2.51. The zero-order valence-electron chi connectivity index (χ0n) is 15.2. The van der Waals surface area contributed by atoms with Crippen LogP contribution in [-0.4, -0.2) is 33.3 Å². The molecule has 128 valence electrons. The summed E-state index contributed by atoms with van der Waals surface area (Å²) in [5, 5.41) is 3.67. The molecule has 24 heavy (non-hydrogen) atoms. The molecule has 1 aromatic rings. The number of nitrogens with one attached hydrogen (secondary N) is 1. The van der Waals surface area contributed by atoms with Crippen LogP contribution in [-0.2, 0) is 16.6 Å². The molecule has 2 aliphatic carbocycles. The normalized spacial score (nSPS) is 28.8. The third-order valence-corrected chi connectivity index (χ3v) is 6.18. The van der Waals surface area contributed by atoms with Crippen LogP contribution in [0, 0.1) is 5.92 Å². The van der Waals surface area contributed by atoms with Crippen LogP contribution >= 0.6 is 0 Å². The van der Waals surface area contributed by atoms with Gasteiger partial charge in [0.2, 0.25) is 0 Å². The number of carbonyl (C=O) groups excluding carboxylic acids is 1. The minimum absolute atomic E-state index is 0.0981. The Balaban J connectivity index is 2.18. The molecule has 3 atom stereocenters. The average molecular weight is 325 g/mol. The van der Waals surface area contributed by atoms with Gasteiger partial charge >= 0.3 is 0 Å². The summed E-state index contributed by atoms with van der Waals surface area (Å²) in [6, 6.07) is 4.79. The van der Waals surface area contributed by atoms with Crippen LogP contribution in [0.3, 0.4) is 0 Å². The van der Waals surface area contributed by atoms with Crippen LogP contribution in [0.2, 0.25) is 0 Å². The molecule has 1 fully saturated rings. The van der Waals surface area contributed by atoms with E-state index in [1.165, 1.54) is 16.6 Å². The van der Waals surface area contributed by atoms with Crippen LogP contribution in [0.25, 0.3) is 0 Å². The van der Waals surface area contributed by atoms with E-state index in [0.29, 0.717) is 30.6 Å². The molecule has 2 unspecified atom stereocenters. The number of methoxy groups -OCH3 is 1. The van der Waals surface area contributed by atoms with Crippen LogP contribution in [0.15, 0.2) is 24.8 Å². The topological polar surface area (TPSA) is 38.3 Å². The van der Waals surface area contributed by atoms with Crippen LogP contribution in [0.1, 0.15) is 43.7 Å². The van der Waals surface area contributed by atoms with E-state index in [1.54, 1.807) is 7.11 Å². The van der Waals surface area contributed by atoms with Gasteiger partial charge in [-0.3, -0.25) is 4.79 Å². The van der Waals surface area contributed by atoms with Crippen molar-refractivity contribution in [1.29, 1.82) is 0 Å². The summed E-state index contributed by atoms with van der Waals surface area (Å²) < 4.78 is 5.82. The van der Waals surface area contributed by atoms with E-state index < -0.39 is 0 Å². The monoisotopic (exact) mass is 325 g/mol. The van der Waals surface area contributed by atoms with Crippen LogP contribution in [0.4, 0.5) is 0 Å². The van der Waals surface area contributed by atoms with Gasteiger partial charge in [0.1, 0.15) is 19.4 Å². The molecule has 0 saturated heterocycles. The quantitative estimate of drug-likeness (QED) is 0.661. The predicted molar refractivity (Wildman–Crippen MR) is 101 cm³/mol. The molecule has 0 radical (unpaired) electrons. The first kappa shape index (κ1) is 17.3. The van der Waals surface area contributed by atoms with Gasteiger partial charge in [0.15, 0.2) is 0 Å². The molecule has 0 aromatic heterocycles. The lowest BCUT2D eigenvalue weighted by molar-refractivity contribution is -0.124. The molecular formula is C20H28BNO2. The average Bonchev–Trinajstić information content (AvgIpc) is 2.59. The Kier molecular flexibility index (Phi) is 4.86. The van der Waals surface area contributed by atoms with Gasteiger partial charge in [-0.25, -0.2) is 0 Å². The van der Waals surface area contributed by atoms with Gasteiger partial charge in [-0.15, -0.1) is 6.58 Å². The summed E-state index contributed by atoms with van der Waals surface area (Å²) in [5.74, 6) is 1.87. The minimum Gasteiger partial charge on any atom is -0.497 e. The van der Waals surface area contributed by atoms with Crippen LogP contribution in [0.5, 0.6) is 5.75 Å². The number of rotatable bonds is 5. The molecule has 2 aliphatic rings. The minimum atomic E-state index is -0.0981. The van der Waals surface area contributed by atoms with Crippen molar-refractivity contribution in [2.45, 2.75) is 50.5 Å². The summed E-state index contributed by atoms with van der Waals surface area (Å²) in [7, 11) is 3.86. The number of benzene rings is 1. The van der Waals surface area contributed by atoms with Gasteiger partial charge in [0, 0.05) is 36.4 Å². The fraction of sp³-hybridized carbons (Fsp3) is 0.550. The smallest absolute Gasteiger partial charge is 0.144 e. The Bertz CT molecular complexity index is 657. The number of carbonyl (C=O) groups is 1. The first-order valence-electron chi connectivity index (χ1n) is 9.10. The van der Waals surface area contributed by atoms with Crippen molar-refractivity contribution in [1.82, 2.24) is 5.32 Å². The van der Waals surface area contributed by atoms with Crippen molar-refractivity contribution in [2.75, 3.05) is 13.7 Å². The molecule has 4 heteroatoms. The van der Waals surface area contributed by atoms with E-state index >= 15 is 0 Å². The maximum absolute atomic E-state index is 12.4. The SMILES string of the molecule is Bc1ccc2c(c1OC)[C@@]1(CC)CC(=O)CCC1C(NCC=C)C2. The lowest BCUT2D eigenvalue weighted by Crippen LogP contribution is -2.55. The Hall–Kier alpha value is -1.55. The van der Waals surface area contributed by atoms with E-state index in [9.17, 15) is 4.79 Å². The van der Waals surface area contributed by atoms with Gasteiger partial charge in [-0.2, -0.15) is 0 Å². The molecule has 3 rings (SSSR count). The summed E-state index contributed by atoms with van der Waals surface area (Å²) in [6.07, 6.45) is 6.23. The summed E-state index contributed by atoms with van der Waals surface area (Å²) in [6.45, 7) is 6.89. The predicted octanol–water partition coefficient (Wildman–Crippen LogP) is 1.67. The van der Waals surface area contributed by atoms with Crippen molar-refractivity contribution < 1.29 is 9.53 Å². The highest BCUT2D eigenvalue weighted by molar-refractivity contribution is 6.34. The largest absolute Gasteiger partial charge is 0.497 e. The van der Waals surface area contributed by atoms with Crippen molar-refractivity contribution in [3.63, 3.8) is 0 Å². The van der Waals surface area contributed by atoms with Crippen LogP contribution < -0.4 is 15.5 Å². The molecular weight excluding hydrogens is 297 g/mol. The Labute approximate surface area is 146 Å². The van der Waals surface area contributed by atoms with Gasteiger partial charge < -0.3 is 10.1 Å². The van der Waals surface area contributed by atoms with E-state index in [1.807, 2.05) is 6.08 Å². The lowest BCUT2D eigenvalue weighted by Gasteiger charge is -2.52. The molecule has 0 heterocycles. The van der Waals surface area contributed by atoms with Gasteiger partial charge in [-0.05, 0) is 36.2 Å². The fourth-order valence-electron chi connectivity index (χ4n) is 5.12. The maximum atomic E-state index is 12.4. The molecule has 0 aliphatic heterocycles. The Morgan fingerprint density at radius 1 is 1.50 bits per heavy atom. The molecule has 1 saturated carbocycles. The first-order valence-corrected chi connectivity index (χ1v) is 9.10. The molecule has 1 aromatic carbocycles. The summed E-state index contributed by atoms with van der Waals surface area (Å²) >= 11 is 0. The van der Waals surface area contributed by atoms with E-state index in [4.69, 9.17) is 4.74 Å². The van der Waals surface area contributed by atoms with Gasteiger partial charge in [0.05, 0.1) is 7.11 Å². The van der Waals surface area contributed by atoms with E-state index in [-0.39, 0.29) is 5.41 Å². The Morgan fingerprint density at radius 2 is 2.29 bits per heavy atom. The maximum Gasteiger partial charge on any atom is 0.144 e. The highest BCUT2D eigenvalue weighted by Crippen LogP contribution is 2.53. The molecule has 0 bridgehead atoms. The number of Topliss-reactive ketones (excluding diaryl/α,β-unsaturated/α-hetero) is 1. The summed E-state index contributed by atoms with van der Waals surface area (Å²) in [4.78, 5) is 12.4. The number of ketones is 1. The third kappa shape index (κ3) is 2.61. The third-order valence-electron chi connectivity index (χ3n) is 6.18. The van der Waals surface area contributed by atoms with Crippen molar-refractivity contribution >= 4 is 19.1 Å². The number of ether oxygens (including phenoxy) is 1. The standard InChI is InChI=1S/C20H28BNO2/c1-4-10-22-17-11-13-6-9-16(21)19(24-3)18(13)20(5-2)12-14(23)7-8-15(17)20/h4,6,9,15,17,22H,1,5,7-8,10-12,21H2,2-3H3/t15?,17?,20-/m0/s1. The molecule has 0 spiro atoms. The Morgan fingerprint density at radius 3 is 2.96 bits per heavy atom. The van der Waals surface area contributed by atoms with Crippen molar-refractivity contribution in [3.8, 4) is 5.75 Å². The number of fused-ring (bicyclic) bond motifs is 3. The molecule has 1 N–H and O–H groups in total. The number of hydrogen-bond donors (Lipinski definition) is 1. The summed E-state index contributed by atoms with van der Waals surface area (Å²) in [5.41, 5.74) is 3.71. The highest BCUT2D eigenvalue weighted by atomic mass is 16.5. The zero-order chi connectivity index (χ0) is 17.3. The second-order valence-electron chi connectivity index (χ2n) is 7.33. The zero-order valence-corrected chi connectivity index (χ0v) is 15.2. The van der Waals surface area contributed by atoms with E-state index in [0.717, 1.165) is 31.6 Å². The van der Waals surface area contributed by atoms with Gasteiger partial charge in [-0.1, -0.05) is 25.1 Å². The molecule has 3 nitrogen and oxygen atoms in total. The van der Waals surface area contributed by atoms with E-state index in [2.05, 4.69) is 38.8 Å². The fourth-order valence-corrected chi connectivity index (χ4v) is 5.12. The number of hydrogen-bond acceptors (Lipinski definition) is 3. The van der Waals surface area contributed by atoms with Crippen molar-refractivity contribution in [2.24, 2.45) is 5.92 Å². The second kappa shape index (κ2) is 6.75. The first-order chi connectivity index (χ1) is 11.6. The second-order valence-corrected chi connectivity index (χ2v) is 7.33.